The fourth-order valence-corrected chi connectivity index (χ4v) is 1.02. The summed E-state index contributed by atoms with van der Waals surface area (Å²) < 4.78 is 0. The number of hydrogen-bond acceptors (Lipinski definition) is 3. The molecule has 0 aromatic heterocycles. The number of halogens is 1. The second-order valence-corrected chi connectivity index (χ2v) is 3.07. The van der Waals surface area contributed by atoms with Crippen molar-refractivity contribution in [2.45, 2.75) is 32.2 Å². The van der Waals surface area contributed by atoms with Crippen molar-refractivity contribution in [3.8, 4) is 0 Å². The van der Waals surface area contributed by atoms with Crippen molar-refractivity contribution in [2.24, 2.45) is 0 Å². The first-order valence-corrected chi connectivity index (χ1v) is 4.78. The van der Waals surface area contributed by atoms with Gasteiger partial charge in [0.2, 0.25) is 5.91 Å². The Hall–Kier alpha value is -0.810. The summed E-state index contributed by atoms with van der Waals surface area (Å²) in [6.45, 7) is 2.62. The standard InChI is InChI=1S/C9H18N2O3.ClH/c1-3-6-11-8(12)5-4-7(10-2)9(13)14;/h7,10H,3-6H2,1-2H3,(H,11,12)(H,13,14);1H. The van der Waals surface area contributed by atoms with Crippen molar-refractivity contribution in [2.75, 3.05) is 13.6 Å². The fraction of sp³-hybridized carbons (Fsp3) is 0.778. The molecule has 1 atom stereocenters. The average Bonchev–Trinajstić information content (AvgIpc) is 2.15. The Morgan fingerprint density at radius 1 is 1.40 bits per heavy atom. The molecule has 6 heteroatoms. The highest BCUT2D eigenvalue weighted by Crippen LogP contribution is 1.96. The Balaban J connectivity index is 0. The molecule has 0 aliphatic heterocycles. The van der Waals surface area contributed by atoms with Crippen LogP contribution < -0.4 is 10.6 Å². The Bertz CT molecular complexity index is 200. The van der Waals surface area contributed by atoms with Crippen LogP contribution in [0.1, 0.15) is 26.2 Å². The van der Waals surface area contributed by atoms with Crippen molar-refractivity contribution >= 4 is 24.3 Å². The number of nitrogens with one attached hydrogen (secondary N) is 2. The molecule has 0 spiro atoms. The lowest BCUT2D eigenvalue weighted by Crippen LogP contribution is -2.35. The zero-order chi connectivity index (χ0) is 11.0. The zero-order valence-corrected chi connectivity index (χ0v) is 9.89. The molecule has 0 bridgehead atoms. The van der Waals surface area contributed by atoms with Gasteiger partial charge in [-0.25, -0.2) is 0 Å². The maximum atomic E-state index is 11.1. The predicted molar refractivity (Wildman–Crippen MR) is 60.3 cm³/mol. The number of carbonyl (C=O) groups excluding carboxylic acids is 1. The molecule has 0 fully saturated rings. The molecule has 0 aromatic rings. The quantitative estimate of drug-likeness (QED) is 0.600. The van der Waals surface area contributed by atoms with E-state index in [0.717, 1.165) is 6.42 Å². The van der Waals surface area contributed by atoms with Crippen LogP contribution in [-0.4, -0.2) is 36.6 Å². The lowest BCUT2D eigenvalue weighted by molar-refractivity contribution is -0.139. The first-order valence-electron chi connectivity index (χ1n) is 4.78. The third kappa shape index (κ3) is 8.20. The van der Waals surface area contributed by atoms with E-state index in [1.165, 1.54) is 0 Å². The van der Waals surface area contributed by atoms with E-state index >= 15 is 0 Å². The van der Waals surface area contributed by atoms with Gasteiger partial charge in [-0.05, 0) is 19.9 Å². The van der Waals surface area contributed by atoms with Gasteiger partial charge in [-0.3, -0.25) is 9.59 Å². The summed E-state index contributed by atoms with van der Waals surface area (Å²) in [5, 5.41) is 14.0. The van der Waals surface area contributed by atoms with E-state index in [1.807, 2.05) is 6.92 Å². The zero-order valence-electron chi connectivity index (χ0n) is 9.08. The summed E-state index contributed by atoms with van der Waals surface area (Å²) in [7, 11) is 1.57. The highest BCUT2D eigenvalue weighted by atomic mass is 35.5. The number of aliphatic carboxylic acids is 1. The number of carboxylic acid groups (broad SMARTS) is 1. The van der Waals surface area contributed by atoms with Gasteiger partial charge >= 0.3 is 5.97 Å². The minimum Gasteiger partial charge on any atom is -0.480 e. The van der Waals surface area contributed by atoms with E-state index in [0.29, 0.717) is 13.0 Å². The first-order chi connectivity index (χ1) is 6.61. The number of rotatable bonds is 7. The van der Waals surface area contributed by atoms with Crippen LogP contribution in [0.25, 0.3) is 0 Å². The molecule has 0 aromatic carbocycles. The summed E-state index contributed by atoms with van der Waals surface area (Å²) in [5.74, 6) is -1.01. The maximum absolute atomic E-state index is 11.1. The van der Waals surface area contributed by atoms with Gasteiger partial charge in [-0.1, -0.05) is 6.92 Å². The molecule has 90 valence electrons. The fourth-order valence-electron chi connectivity index (χ4n) is 1.02. The number of amides is 1. The smallest absolute Gasteiger partial charge is 0.320 e. The number of hydrogen-bond donors (Lipinski definition) is 3. The van der Waals surface area contributed by atoms with Crippen LogP contribution >= 0.6 is 12.4 Å². The van der Waals surface area contributed by atoms with Crippen molar-refractivity contribution in [1.29, 1.82) is 0 Å². The average molecular weight is 239 g/mol. The predicted octanol–water partition coefficient (Wildman–Crippen LogP) is 0.387. The van der Waals surface area contributed by atoms with Crippen molar-refractivity contribution in [3.05, 3.63) is 0 Å². The van der Waals surface area contributed by atoms with E-state index in [2.05, 4.69) is 10.6 Å². The molecule has 0 radical (unpaired) electrons. The Morgan fingerprint density at radius 2 is 2.00 bits per heavy atom. The Labute approximate surface area is 96.0 Å². The normalized spacial score (nSPS) is 11.3. The lowest BCUT2D eigenvalue weighted by atomic mass is 10.1. The van der Waals surface area contributed by atoms with Gasteiger partial charge in [0, 0.05) is 13.0 Å². The topological polar surface area (TPSA) is 78.4 Å². The highest BCUT2D eigenvalue weighted by Gasteiger charge is 2.15. The van der Waals surface area contributed by atoms with Crippen LogP contribution in [0.4, 0.5) is 0 Å². The van der Waals surface area contributed by atoms with E-state index in [1.54, 1.807) is 7.05 Å². The molecule has 3 N–H and O–H groups in total. The SMILES string of the molecule is CCCNC(=O)CCC(NC)C(=O)O.Cl. The molecule has 0 aliphatic carbocycles. The lowest BCUT2D eigenvalue weighted by Gasteiger charge is -2.10. The highest BCUT2D eigenvalue weighted by molar-refractivity contribution is 5.85. The van der Waals surface area contributed by atoms with E-state index in [9.17, 15) is 9.59 Å². The van der Waals surface area contributed by atoms with Crippen molar-refractivity contribution < 1.29 is 14.7 Å². The van der Waals surface area contributed by atoms with Crippen LogP contribution in [0.2, 0.25) is 0 Å². The molecule has 15 heavy (non-hydrogen) atoms. The van der Waals surface area contributed by atoms with Gasteiger partial charge in [0.25, 0.3) is 0 Å². The van der Waals surface area contributed by atoms with Gasteiger partial charge in [-0.2, -0.15) is 0 Å². The van der Waals surface area contributed by atoms with E-state index < -0.39 is 12.0 Å². The van der Waals surface area contributed by atoms with Crippen LogP contribution in [0.3, 0.4) is 0 Å². The van der Waals surface area contributed by atoms with Crippen molar-refractivity contribution in [3.63, 3.8) is 0 Å². The molecule has 0 saturated heterocycles. The number of carbonyl (C=O) groups is 2. The molecule has 0 aliphatic rings. The van der Waals surface area contributed by atoms with Gasteiger partial charge in [0.1, 0.15) is 6.04 Å². The van der Waals surface area contributed by atoms with Crippen LogP contribution in [-0.2, 0) is 9.59 Å². The summed E-state index contributed by atoms with van der Waals surface area (Å²) >= 11 is 0. The molecule has 1 unspecified atom stereocenters. The monoisotopic (exact) mass is 238 g/mol. The Kier molecular flexibility index (Phi) is 10.8. The molecule has 5 nitrogen and oxygen atoms in total. The van der Waals surface area contributed by atoms with Crippen LogP contribution in [0, 0.1) is 0 Å². The molecule has 1 amide bonds. The minimum absolute atomic E-state index is 0. The summed E-state index contributed by atoms with van der Waals surface area (Å²) in [6, 6.07) is -0.637. The van der Waals surface area contributed by atoms with E-state index in [4.69, 9.17) is 5.11 Å². The van der Waals surface area contributed by atoms with E-state index in [-0.39, 0.29) is 24.7 Å². The third-order valence-electron chi connectivity index (χ3n) is 1.88. The second kappa shape index (κ2) is 9.73. The Morgan fingerprint density at radius 3 is 2.40 bits per heavy atom. The molecular formula is C9H19ClN2O3. The van der Waals surface area contributed by atoms with Crippen LogP contribution in [0.15, 0.2) is 0 Å². The van der Waals surface area contributed by atoms with Gasteiger partial charge in [0.15, 0.2) is 0 Å². The first kappa shape index (κ1) is 16.6. The molecular weight excluding hydrogens is 220 g/mol. The summed E-state index contributed by atoms with van der Waals surface area (Å²) in [5.41, 5.74) is 0. The van der Waals surface area contributed by atoms with Gasteiger partial charge in [0.05, 0.1) is 0 Å². The van der Waals surface area contributed by atoms with Crippen molar-refractivity contribution in [1.82, 2.24) is 10.6 Å². The minimum atomic E-state index is -0.921. The summed E-state index contributed by atoms with van der Waals surface area (Å²) in [4.78, 5) is 21.7. The number of carboxylic acids is 1. The third-order valence-corrected chi connectivity index (χ3v) is 1.88. The maximum Gasteiger partial charge on any atom is 0.320 e. The largest absolute Gasteiger partial charge is 0.480 e. The second-order valence-electron chi connectivity index (χ2n) is 3.07. The number of likely N-dealkylation sites (N-methyl/N-ethyl adjacent to an activating group) is 1. The van der Waals surface area contributed by atoms with Crippen LogP contribution in [0.5, 0.6) is 0 Å². The summed E-state index contributed by atoms with van der Waals surface area (Å²) in [6.07, 6.45) is 1.46. The van der Waals surface area contributed by atoms with Gasteiger partial charge < -0.3 is 15.7 Å². The molecule has 0 rings (SSSR count). The van der Waals surface area contributed by atoms with Gasteiger partial charge in [-0.15, -0.1) is 12.4 Å². The molecule has 0 heterocycles. The molecule has 0 saturated carbocycles.